The number of nitrogens with two attached hydrogens (primary N) is 1. The monoisotopic (exact) mass is 343 g/mol. The summed E-state index contributed by atoms with van der Waals surface area (Å²) in [5, 5.41) is 0. The summed E-state index contributed by atoms with van der Waals surface area (Å²) in [6.07, 6.45) is -0.0421. The molecule has 2 N–H and O–H groups in total. The Balaban J connectivity index is 2.50. The van der Waals surface area contributed by atoms with Gasteiger partial charge in [-0.25, -0.2) is 4.39 Å². The van der Waals surface area contributed by atoms with E-state index in [1.807, 2.05) is 19.9 Å². The van der Waals surface area contributed by atoms with Crippen molar-refractivity contribution >= 4 is 5.97 Å². The molecular formula is C21H26FNO2. The van der Waals surface area contributed by atoms with Gasteiger partial charge in [0.25, 0.3) is 0 Å². The van der Waals surface area contributed by atoms with Crippen molar-refractivity contribution in [2.24, 2.45) is 5.73 Å². The first kappa shape index (κ1) is 19.1. The van der Waals surface area contributed by atoms with Crippen molar-refractivity contribution in [3.8, 4) is 11.1 Å². The molecule has 0 aliphatic carbocycles. The van der Waals surface area contributed by atoms with E-state index in [2.05, 4.69) is 19.1 Å². The zero-order valence-corrected chi connectivity index (χ0v) is 15.6. The second-order valence-electron chi connectivity index (χ2n) is 6.59. The maximum atomic E-state index is 14.6. The van der Waals surface area contributed by atoms with Crippen molar-refractivity contribution < 1.29 is 13.9 Å². The molecule has 1 unspecified atom stereocenters. The average molecular weight is 343 g/mol. The van der Waals surface area contributed by atoms with E-state index in [4.69, 9.17) is 10.5 Å². The number of ether oxygens (including phenoxy) is 1. The lowest BCUT2D eigenvalue weighted by Crippen LogP contribution is -2.19. The van der Waals surface area contributed by atoms with Gasteiger partial charge in [-0.15, -0.1) is 0 Å². The lowest BCUT2D eigenvalue weighted by atomic mass is 9.90. The summed E-state index contributed by atoms with van der Waals surface area (Å²) in [5.41, 5.74) is 12.4. The minimum atomic E-state index is -0.733. The summed E-state index contributed by atoms with van der Waals surface area (Å²) >= 11 is 0. The molecule has 0 aliphatic heterocycles. The molecule has 0 aliphatic rings. The molecule has 0 saturated heterocycles. The third kappa shape index (κ3) is 4.26. The average Bonchev–Trinajstić information content (AvgIpc) is 2.49. The SMILES string of the molecule is CCOC(=O)CC(N)c1cc(-c2c(C)cc(C)cc2C)cc(C)c1F. The van der Waals surface area contributed by atoms with Crippen LogP contribution in [0.3, 0.4) is 0 Å². The third-order valence-electron chi connectivity index (χ3n) is 4.34. The van der Waals surface area contributed by atoms with Crippen LogP contribution in [-0.2, 0) is 9.53 Å². The highest BCUT2D eigenvalue weighted by molar-refractivity contribution is 5.74. The van der Waals surface area contributed by atoms with E-state index in [1.165, 1.54) is 5.56 Å². The Kier molecular flexibility index (Phi) is 5.96. The molecule has 3 nitrogen and oxygen atoms in total. The fourth-order valence-corrected chi connectivity index (χ4v) is 3.36. The quantitative estimate of drug-likeness (QED) is 0.802. The van der Waals surface area contributed by atoms with Crippen LogP contribution in [0.5, 0.6) is 0 Å². The first-order chi connectivity index (χ1) is 11.7. The maximum Gasteiger partial charge on any atom is 0.307 e. The summed E-state index contributed by atoms with van der Waals surface area (Å²) in [5.74, 6) is -0.775. The number of aryl methyl sites for hydroxylation is 4. The van der Waals surface area contributed by atoms with Gasteiger partial charge < -0.3 is 10.5 Å². The number of benzene rings is 2. The van der Waals surface area contributed by atoms with Crippen molar-refractivity contribution in [1.29, 1.82) is 0 Å². The van der Waals surface area contributed by atoms with Gasteiger partial charge in [-0.05, 0) is 74.6 Å². The molecule has 0 aromatic heterocycles. The van der Waals surface area contributed by atoms with Crippen molar-refractivity contribution in [2.45, 2.75) is 47.1 Å². The highest BCUT2D eigenvalue weighted by Crippen LogP contribution is 2.33. The topological polar surface area (TPSA) is 52.3 Å². The van der Waals surface area contributed by atoms with Gasteiger partial charge >= 0.3 is 5.97 Å². The molecule has 2 rings (SSSR count). The number of hydrogen-bond acceptors (Lipinski definition) is 3. The Hall–Kier alpha value is -2.20. The molecule has 2 aromatic rings. The second-order valence-corrected chi connectivity index (χ2v) is 6.59. The van der Waals surface area contributed by atoms with E-state index in [1.54, 1.807) is 19.9 Å². The van der Waals surface area contributed by atoms with E-state index in [-0.39, 0.29) is 18.8 Å². The lowest BCUT2D eigenvalue weighted by Gasteiger charge is -2.18. The molecule has 25 heavy (non-hydrogen) atoms. The second kappa shape index (κ2) is 7.79. The Bertz CT molecular complexity index is 776. The number of esters is 1. The summed E-state index contributed by atoms with van der Waals surface area (Å²) in [7, 11) is 0. The van der Waals surface area contributed by atoms with Crippen molar-refractivity contribution in [2.75, 3.05) is 6.61 Å². The predicted molar refractivity (Wildman–Crippen MR) is 99.0 cm³/mol. The fourth-order valence-electron chi connectivity index (χ4n) is 3.36. The van der Waals surface area contributed by atoms with Crippen molar-refractivity contribution in [1.82, 2.24) is 0 Å². The Labute approximate surface area is 149 Å². The minimum Gasteiger partial charge on any atom is -0.466 e. The highest BCUT2D eigenvalue weighted by Gasteiger charge is 2.20. The van der Waals surface area contributed by atoms with Crippen LogP contribution >= 0.6 is 0 Å². The first-order valence-electron chi connectivity index (χ1n) is 8.54. The lowest BCUT2D eigenvalue weighted by molar-refractivity contribution is -0.143. The number of halogens is 1. The molecular weight excluding hydrogens is 317 g/mol. The summed E-state index contributed by atoms with van der Waals surface area (Å²) < 4.78 is 19.5. The molecule has 134 valence electrons. The fraction of sp³-hybridized carbons (Fsp3) is 0.381. The Morgan fingerprint density at radius 3 is 2.24 bits per heavy atom. The molecule has 0 bridgehead atoms. The summed E-state index contributed by atoms with van der Waals surface area (Å²) in [4.78, 5) is 11.7. The zero-order valence-electron chi connectivity index (χ0n) is 15.6. The van der Waals surface area contributed by atoms with Gasteiger partial charge in [0, 0.05) is 11.6 Å². The van der Waals surface area contributed by atoms with Gasteiger partial charge in [0.15, 0.2) is 0 Å². The predicted octanol–water partition coefficient (Wildman–Crippen LogP) is 4.68. The smallest absolute Gasteiger partial charge is 0.307 e. The van der Waals surface area contributed by atoms with Gasteiger partial charge in [-0.2, -0.15) is 0 Å². The molecule has 0 heterocycles. The minimum absolute atomic E-state index is 0.0421. The molecule has 4 heteroatoms. The summed E-state index contributed by atoms with van der Waals surface area (Å²) in [6, 6.07) is 7.08. The van der Waals surface area contributed by atoms with Gasteiger partial charge in [-0.1, -0.05) is 17.7 Å². The normalized spacial score (nSPS) is 12.1. The number of carbonyl (C=O) groups excluding carboxylic acids is 1. The van der Waals surface area contributed by atoms with Gasteiger partial charge in [0.2, 0.25) is 0 Å². The van der Waals surface area contributed by atoms with Crippen molar-refractivity contribution in [3.05, 3.63) is 57.9 Å². The maximum absolute atomic E-state index is 14.6. The molecule has 0 saturated carbocycles. The Morgan fingerprint density at radius 2 is 1.68 bits per heavy atom. The van der Waals surface area contributed by atoms with E-state index in [9.17, 15) is 9.18 Å². The summed E-state index contributed by atoms with van der Waals surface area (Å²) in [6.45, 7) is 9.89. The molecule has 0 fully saturated rings. The number of rotatable bonds is 5. The van der Waals surface area contributed by atoms with Crippen LogP contribution in [-0.4, -0.2) is 12.6 Å². The van der Waals surface area contributed by atoms with E-state index in [0.29, 0.717) is 11.1 Å². The van der Waals surface area contributed by atoms with Crippen LogP contribution in [0.1, 0.15) is 47.2 Å². The first-order valence-corrected chi connectivity index (χ1v) is 8.54. The van der Waals surface area contributed by atoms with Crippen molar-refractivity contribution in [3.63, 3.8) is 0 Å². The standard InChI is InChI=1S/C21H26FNO2/c1-6-25-19(24)11-18(23)17-10-16(9-15(5)21(17)22)20-13(3)7-12(2)8-14(20)4/h7-10,18H,6,11,23H2,1-5H3. The third-order valence-corrected chi connectivity index (χ3v) is 4.34. The molecule has 0 spiro atoms. The Morgan fingerprint density at radius 1 is 1.08 bits per heavy atom. The van der Waals surface area contributed by atoms with Crippen LogP contribution in [0, 0.1) is 33.5 Å². The van der Waals surface area contributed by atoms with Crippen LogP contribution in [0.2, 0.25) is 0 Å². The van der Waals surface area contributed by atoms with Gasteiger partial charge in [0.05, 0.1) is 13.0 Å². The largest absolute Gasteiger partial charge is 0.466 e. The van der Waals surface area contributed by atoms with Crippen LogP contribution in [0.25, 0.3) is 11.1 Å². The van der Waals surface area contributed by atoms with Crippen LogP contribution in [0.4, 0.5) is 4.39 Å². The number of carbonyl (C=O) groups is 1. The highest BCUT2D eigenvalue weighted by atomic mass is 19.1. The molecule has 0 amide bonds. The van der Waals surface area contributed by atoms with E-state index in [0.717, 1.165) is 22.3 Å². The molecule has 0 radical (unpaired) electrons. The van der Waals surface area contributed by atoms with E-state index >= 15 is 0 Å². The number of hydrogen-bond donors (Lipinski definition) is 1. The molecule has 1 atom stereocenters. The van der Waals surface area contributed by atoms with Crippen LogP contribution < -0.4 is 5.73 Å². The van der Waals surface area contributed by atoms with Crippen LogP contribution in [0.15, 0.2) is 24.3 Å². The van der Waals surface area contributed by atoms with E-state index < -0.39 is 12.0 Å². The zero-order chi connectivity index (χ0) is 18.7. The van der Waals surface area contributed by atoms with Gasteiger partial charge in [-0.3, -0.25) is 4.79 Å². The van der Waals surface area contributed by atoms with Gasteiger partial charge in [0.1, 0.15) is 5.82 Å². The molecule has 2 aromatic carbocycles.